The molecule has 43 heavy (non-hydrogen) atoms. The van der Waals surface area contributed by atoms with E-state index in [-0.39, 0.29) is 12.2 Å². The Bertz CT molecular complexity index is 1900. The van der Waals surface area contributed by atoms with Crippen LogP contribution in [0.5, 0.6) is 11.5 Å². The van der Waals surface area contributed by atoms with Crippen molar-refractivity contribution < 1.29 is 19.0 Å². The molecule has 0 fully saturated rings. The molecule has 1 aliphatic heterocycles. The number of carbonyl (C=O) groups is 1. The van der Waals surface area contributed by atoms with Crippen molar-refractivity contribution in [3.05, 3.63) is 123 Å². The fraction of sp³-hybridized carbons (Fsp3) is 0.219. The summed E-state index contributed by atoms with van der Waals surface area (Å²) in [7, 11) is 1.33. The van der Waals surface area contributed by atoms with Crippen molar-refractivity contribution in [2.24, 2.45) is 4.99 Å². The number of aromatic nitrogens is 1. The van der Waals surface area contributed by atoms with Crippen molar-refractivity contribution in [2.75, 3.05) is 13.7 Å². The minimum atomic E-state index is -0.679. The maximum atomic E-state index is 13.9. The Morgan fingerprint density at radius 1 is 1.00 bits per heavy atom. The van der Waals surface area contributed by atoms with Gasteiger partial charge in [-0.3, -0.25) is 9.36 Å². The molecule has 1 aromatic heterocycles. The number of allylic oxidation sites excluding steroid dienone is 1. The third-order valence-corrected chi connectivity index (χ3v) is 8.76. The highest BCUT2D eigenvalue weighted by molar-refractivity contribution is 7.07. The molecular formula is C32H27Cl3N2O5S. The Labute approximate surface area is 267 Å². The molecule has 0 radical (unpaired) electrons. The molecule has 0 spiro atoms. The van der Waals surface area contributed by atoms with Crippen LogP contribution in [0, 0.1) is 0 Å². The van der Waals surface area contributed by atoms with Crippen molar-refractivity contribution >= 4 is 58.2 Å². The van der Waals surface area contributed by atoms with E-state index in [1.807, 2.05) is 50.2 Å². The number of hydrogen-bond acceptors (Lipinski definition) is 7. The lowest BCUT2D eigenvalue weighted by Crippen LogP contribution is -2.40. The number of hydrogen-bond donors (Lipinski definition) is 0. The Hall–Kier alpha value is -3.56. The van der Waals surface area contributed by atoms with Gasteiger partial charge in [0.1, 0.15) is 6.61 Å². The second-order valence-corrected chi connectivity index (χ2v) is 11.7. The van der Waals surface area contributed by atoms with E-state index < -0.39 is 12.0 Å². The maximum absolute atomic E-state index is 13.9. The van der Waals surface area contributed by atoms with Crippen LogP contribution < -0.4 is 24.4 Å². The number of nitrogens with zero attached hydrogens (tertiary/aromatic N) is 2. The highest BCUT2D eigenvalue weighted by Gasteiger charge is 2.33. The molecule has 1 atom stereocenters. The number of thiazole rings is 1. The Morgan fingerprint density at radius 3 is 2.44 bits per heavy atom. The molecule has 3 aromatic carbocycles. The number of carbonyl (C=O) groups excluding carboxylic acids is 1. The Balaban J connectivity index is 1.58. The van der Waals surface area contributed by atoms with Gasteiger partial charge in [0, 0.05) is 0 Å². The monoisotopic (exact) mass is 656 g/mol. The number of halogens is 3. The zero-order valence-electron chi connectivity index (χ0n) is 23.5. The summed E-state index contributed by atoms with van der Waals surface area (Å²) in [6.45, 7) is 4.34. The van der Waals surface area contributed by atoms with E-state index in [4.69, 9.17) is 54.0 Å². The largest absolute Gasteiger partial charge is 0.490 e. The molecule has 2 heterocycles. The van der Waals surface area contributed by atoms with E-state index in [0.29, 0.717) is 65.8 Å². The molecular weight excluding hydrogens is 631 g/mol. The first-order chi connectivity index (χ1) is 20.7. The molecule has 222 valence electrons. The summed E-state index contributed by atoms with van der Waals surface area (Å²) in [5.41, 5.74) is 2.87. The van der Waals surface area contributed by atoms with Gasteiger partial charge in [0.2, 0.25) is 0 Å². The smallest absolute Gasteiger partial charge is 0.338 e. The van der Waals surface area contributed by atoms with Gasteiger partial charge in [0.25, 0.3) is 5.56 Å². The van der Waals surface area contributed by atoms with Crippen LogP contribution in [0.15, 0.2) is 81.7 Å². The summed E-state index contributed by atoms with van der Waals surface area (Å²) in [6, 6.07) is 17.4. The van der Waals surface area contributed by atoms with Crippen molar-refractivity contribution in [2.45, 2.75) is 32.9 Å². The average molecular weight is 658 g/mol. The molecule has 11 heteroatoms. The zero-order chi connectivity index (χ0) is 30.7. The lowest BCUT2D eigenvalue weighted by atomic mass is 9.95. The highest BCUT2D eigenvalue weighted by Crippen LogP contribution is 2.38. The molecule has 1 aliphatic rings. The number of rotatable bonds is 9. The summed E-state index contributed by atoms with van der Waals surface area (Å²) in [6.07, 6.45) is 2.23. The van der Waals surface area contributed by atoms with Crippen LogP contribution >= 0.6 is 46.1 Å². The van der Waals surface area contributed by atoms with E-state index in [2.05, 4.69) is 0 Å². The molecule has 5 rings (SSSR count). The van der Waals surface area contributed by atoms with Gasteiger partial charge < -0.3 is 14.2 Å². The predicted octanol–water partition coefficient (Wildman–Crippen LogP) is 6.74. The predicted molar refractivity (Wildman–Crippen MR) is 170 cm³/mol. The van der Waals surface area contributed by atoms with E-state index in [1.165, 1.54) is 18.4 Å². The van der Waals surface area contributed by atoms with Crippen molar-refractivity contribution in [1.29, 1.82) is 0 Å². The number of ether oxygens (including phenoxy) is 3. The maximum Gasteiger partial charge on any atom is 0.338 e. The van der Waals surface area contributed by atoms with Gasteiger partial charge in [-0.05, 0) is 60.4 Å². The Kier molecular flexibility index (Phi) is 9.62. The minimum Gasteiger partial charge on any atom is -0.490 e. The lowest BCUT2D eigenvalue weighted by molar-refractivity contribution is -0.136. The van der Waals surface area contributed by atoms with Gasteiger partial charge in [-0.1, -0.05) is 89.5 Å². The van der Waals surface area contributed by atoms with Crippen LogP contribution in [0.3, 0.4) is 0 Å². The van der Waals surface area contributed by atoms with Crippen molar-refractivity contribution in [1.82, 2.24) is 4.57 Å². The fourth-order valence-electron chi connectivity index (χ4n) is 4.83. The van der Waals surface area contributed by atoms with Crippen molar-refractivity contribution in [3.8, 4) is 11.5 Å². The summed E-state index contributed by atoms with van der Waals surface area (Å²) in [5.74, 6) is 0.276. The number of benzene rings is 3. The lowest BCUT2D eigenvalue weighted by Gasteiger charge is -2.25. The van der Waals surface area contributed by atoms with Gasteiger partial charge in [0.05, 0.1) is 50.6 Å². The topological polar surface area (TPSA) is 79.1 Å². The van der Waals surface area contributed by atoms with Crippen LogP contribution in [0.4, 0.5) is 0 Å². The average Bonchev–Trinajstić information content (AvgIpc) is 3.31. The first kappa shape index (κ1) is 30.9. The standard InChI is InChI=1S/C32H27Cl3N2O5S/c1-4-24-27(31(39)40-3)28(20-9-7-6-8-10-20)37-30(38)26(43-32(37)36-24)16-19-14-23(35)29(25(15-19)41-5-2)42-17-18-11-12-21(33)22(34)13-18/h6-16,28H,4-5,17H2,1-3H3/b26-16-/t28-/m1/s1. The van der Waals surface area contributed by atoms with Crippen LogP contribution in [0.1, 0.15) is 43.0 Å². The third kappa shape index (κ3) is 6.38. The summed E-state index contributed by atoms with van der Waals surface area (Å²) >= 11 is 20.1. The molecule has 0 saturated carbocycles. The van der Waals surface area contributed by atoms with Crippen LogP contribution in [-0.2, 0) is 16.1 Å². The van der Waals surface area contributed by atoms with Crippen LogP contribution in [0.2, 0.25) is 15.1 Å². The first-order valence-electron chi connectivity index (χ1n) is 13.5. The summed E-state index contributed by atoms with van der Waals surface area (Å²) in [5, 5.41) is 1.19. The van der Waals surface area contributed by atoms with Gasteiger partial charge >= 0.3 is 5.97 Å². The molecule has 0 N–H and O–H groups in total. The molecule has 0 unspecified atom stereocenters. The second kappa shape index (κ2) is 13.4. The number of methoxy groups -OCH3 is 1. The SMILES string of the molecule is CCOc1cc(/C=c2\sc3n(c2=O)[C@H](c2ccccc2)C(C(=O)OC)=C(CC)N=3)cc(Cl)c1OCc1ccc(Cl)c(Cl)c1. The van der Waals surface area contributed by atoms with E-state index in [1.54, 1.807) is 34.9 Å². The molecule has 0 bridgehead atoms. The van der Waals surface area contributed by atoms with Gasteiger partial charge in [-0.25, -0.2) is 9.79 Å². The van der Waals surface area contributed by atoms with E-state index in [9.17, 15) is 9.59 Å². The molecule has 4 aromatic rings. The van der Waals surface area contributed by atoms with Gasteiger partial charge in [-0.2, -0.15) is 0 Å². The molecule has 0 aliphatic carbocycles. The molecule has 7 nitrogen and oxygen atoms in total. The van der Waals surface area contributed by atoms with E-state index >= 15 is 0 Å². The van der Waals surface area contributed by atoms with Crippen LogP contribution in [-0.4, -0.2) is 24.3 Å². The summed E-state index contributed by atoms with van der Waals surface area (Å²) in [4.78, 5) is 32.1. The van der Waals surface area contributed by atoms with Gasteiger partial charge in [-0.15, -0.1) is 0 Å². The molecule has 0 amide bonds. The Morgan fingerprint density at radius 2 is 1.77 bits per heavy atom. The minimum absolute atomic E-state index is 0.191. The number of fused-ring (bicyclic) bond motifs is 1. The van der Waals surface area contributed by atoms with Crippen LogP contribution in [0.25, 0.3) is 6.08 Å². The number of esters is 1. The summed E-state index contributed by atoms with van der Waals surface area (Å²) < 4.78 is 19.0. The quantitative estimate of drug-likeness (QED) is 0.187. The molecule has 0 saturated heterocycles. The fourth-order valence-corrected chi connectivity index (χ4v) is 6.44. The highest BCUT2D eigenvalue weighted by atomic mass is 35.5. The third-order valence-electron chi connectivity index (χ3n) is 6.76. The van der Waals surface area contributed by atoms with Crippen molar-refractivity contribution in [3.63, 3.8) is 0 Å². The second-order valence-electron chi connectivity index (χ2n) is 9.50. The van der Waals surface area contributed by atoms with E-state index in [0.717, 1.165) is 11.1 Å². The zero-order valence-corrected chi connectivity index (χ0v) is 26.6. The first-order valence-corrected chi connectivity index (χ1v) is 15.4. The van der Waals surface area contributed by atoms with Gasteiger partial charge in [0.15, 0.2) is 16.3 Å². The normalized spacial score (nSPS) is 14.7.